The highest BCUT2D eigenvalue weighted by Gasteiger charge is 2.00. The van der Waals surface area contributed by atoms with E-state index in [2.05, 4.69) is 11.9 Å². The summed E-state index contributed by atoms with van der Waals surface area (Å²) in [6.07, 6.45) is 0. The van der Waals surface area contributed by atoms with Gasteiger partial charge in [0.1, 0.15) is 0 Å². The van der Waals surface area contributed by atoms with Gasteiger partial charge in [-0.05, 0) is 25.5 Å². The molecule has 3 N–H and O–H groups in total. The van der Waals surface area contributed by atoms with Crippen molar-refractivity contribution in [3.63, 3.8) is 0 Å². The Balaban J connectivity index is 2.34. The van der Waals surface area contributed by atoms with Crippen LogP contribution in [0.3, 0.4) is 0 Å². The molecule has 0 spiro atoms. The lowest BCUT2D eigenvalue weighted by atomic mass is 10.1. The number of aryl methyl sites for hydroxylation is 1. The van der Waals surface area contributed by atoms with Gasteiger partial charge in [-0.25, -0.2) is 0 Å². The number of rotatable bonds is 6. The minimum absolute atomic E-state index is 0.616. The molecule has 0 aliphatic carbocycles. The van der Waals surface area contributed by atoms with Gasteiger partial charge in [-0.2, -0.15) is 0 Å². The average Bonchev–Trinajstić information content (AvgIpc) is 2.21. The average molecular weight is 220 g/mol. The fraction of sp³-hybridized carbons (Fsp3) is 0.385. The van der Waals surface area contributed by atoms with Gasteiger partial charge in [-0.1, -0.05) is 24.3 Å². The summed E-state index contributed by atoms with van der Waals surface area (Å²) in [6.45, 7) is 9.78. The quantitative estimate of drug-likeness (QED) is 0.440. The predicted molar refractivity (Wildman–Crippen MR) is 69.7 cm³/mol. The number of nitrogen functional groups attached to an aromatic ring is 1. The van der Waals surface area contributed by atoms with Crippen LogP contribution in [0.5, 0.6) is 0 Å². The molecular weight excluding hydrogens is 200 g/mol. The zero-order chi connectivity index (χ0) is 12.0. The zero-order valence-electron chi connectivity index (χ0n) is 10.0. The van der Waals surface area contributed by atoms with E-state index >= 15 is 0 Å². The molecule has 3 nitrogen and oxygen atoms in total. The Bertz CT molecular complexity index is 341. The van der Waals surface area contributed by atoms with E-state index in [0.29, 0.717) is 13.2 Å². The molecule has 0 bridgehead atoms. The van der Waals surface area contributed by atoms with Crippen LogP contribution in [-0.4, -0.2) is 19.8 Å². The lowest BCUT2D eigenvalue weighted by molar-refractivity contribution is 0.167. The molecule has 0 aromatic heterocycles. The molecule has 3 heteroatoms. The molecule has 0 unspecified atom stereocenters. The fourth-order valence-electron chi connectivity index (χ4n) is 1.43. The van der Waals surface area contributed by atoms with Gasteiger partial charge in [-0.15, -0.1) is 0 Å². The molecule has 0 aliphatic heterocycles. The van der Waals surface area contributed by atoms with Crippen molar-refractivity contribution >= 4 is 11.4 Å². The van der Waals surface area contributed by atoms with E-state index in [0.717, 1.165) is 29.1 Å². The van der Waals surface area contributed by atoms with Crippen molar-refractivity contribution in [1.29, 1.82) is 0 Å². The number of ether oxygens (including phenoxy) is 1. The maximum Gasteiger partial charge on any atom is 0.0672 e. The van der Waals surface area contributed by atoms with E-state index < -0.39 is 0 Å². The van der Waals surface area contributed by atoms with Gasteiger partial charge in [-0.3, -0.25) is 0 Å². The molecule has 0 radical (unpaired) electrons. The minimum Gasteiger partial charge on any atom is -0.397 e. The third-order valence-electron chi connectivity index (χ3n) is 2.20. The normalized spacial score (nSPS) is 10.1. The fourth-order valence-corrected chi connectivity index (χ4v) is 1.43. The standard InChI is InChI=1S/C13H20N2O/c1-10(2)9-16-8-7-15-13-11(3)5-4-6-12(13)14/h4-6,15H,1,7-9,14H2,2-3H3. The number of hydrogen-bond donors (Lipinski definition) is 2. The predicted octanol–water partition coefficient (Wildman–Crippen LogP) is 2.58. The molecule has 1 rings (SSSR count). The van der Waals surface area contributed by atoms with E-state index in [9.17, 15) is 0 Å². The Morgan fingerprint density at radius 3 is 2.88 bits per heavy atom. The monoisotopic (exact) mass is 220 g/mol. The van der Waals surface area contributed by atoms with Gasteiger partial charge < -0.3 is 15.8 Å². The van der Waals surface area contributed by atoms with Crippen molar-refractivity contribution in [2.24, 2.45) is 0 Å². The van der Waals surface area contributed by atoms with E-state index in [4.69, 9.17) is 10.5 Å². The largest absolute Gasteiger partial charge is 0.397 e. The molecule has 0 saturated carbocycles. The first kappa shape index (κ1) is 12.6. The minimum atomic E-state index is 0.616. The number of para-hydroxylation sites is 1. The van der Waals surface area contributed by atoms with Crippen molar-refractivity contribution in [1.82, 2.24) is 0 Å². The Morgan fingerprint density at radius 1 is 1.50 bits per heavy atom. The number of anilines is 2. The lowest BCUT2D eigenvalue weighted by Gasteiger charge is -2.12. The smallest absolute Gasteiger partial charge is 0.0672 e. The molecule has 0 fully saturated rings. The topological polar surface area (TPSA) is 47.3 Å². The second kappa shape index (κ2) is 6.18. The Morgan fingerprint density at radius 2 is 2.25 bits per heavy atom. The second-order valence-electron chi connectivity index (χ2n) is 3.98. The number of hydrogen-bond acceptors (Lipinski definition) is 3. The first-order valence-corrected chi connectivity index (χ1v) is 5.42. The van der Waals surface area contributed by atoms with E-state index in [1.54, 1.807) is 0 Å². The summed E-state index contributed by atoms with van der Waals surface area (Å²) in [5, 5.41) is 3.28. The zero-order valence-corrected chi connectivity index (χ0v) is 10.0. The van der Waals surface area contributed by atoms with Crippen LogP contribution in [0.4, 0.5) is 11.4 Å². The van der Waals surface area contributed by atoms with Crippen LogP contribution < -0.4 is 11.1 Å². The molecule has 0 saturated heterocycles. The van der Waals surface area contributed by atoms with Gasteiger partial charge in [0.05, 0.1) is 24.6 Å². The highest BCUT2D eigenvalue weighted by Crippen LogP contribution is 2.21. The van der Waals surface area contributed by atoms with Gasteiger partial charge in [0.25, 0.3) is 0 Å². The molecule has 1 aromatic carbocycles. The maximum absolute atomic E-state index is 5.87. The highest BCUT2D eigenvalue weighted by molar-refractivity contribution is 5.69. The van der Waals surface area contributed by atoms with Gasteiger partial charge >= 0.3 is 0 Å². The van der Waals surface area contributed by atoms with Crippen LogP contribution in [0.15, 0.2) is 30.4 Å². The Kier molecular flexibility index (Phi) is 4.86. The number of nitrogens with one attached hydrogen (secondary N) is 1. The third-order valence-corrected chi connectivity index (χ3v) is 2.20. The molecule has 0 heterocycles. The van der Waals surface area contributed by atoms with Crippen molar-refractivity contribution in [3.8, 4) is 0 Å². The second-order valence-corrected chi connectivity index (χ2v) is 3.98. The molecule has 0 aliphatic rings. The van der Waals surface area contributed by atoms with Gasteiger partial charge in [0, 0.05) is 6.54 Å². The van der Waals surface area contributed by atoms with E-state index in [1.807, 2.05) is 32.0 Å². The molecular formula is C13H20N2O. The maximum atomic E-state index is 5.87. The molecule has 1 aromatic rings. The lowest BCUT2D eigenvalue weighted by Crippen LogP contribution is -2.12. The Labute approximate surface area is 97.3 Å². The van der Waals surface area contributed by atoms with Crippen LogP contribution in [0.1, 0.15) is 12.5 Å². The first-order valence-electron chi connectivity index (χ1n) is 5.42. The third kappa shape index (κ3) is 3.95. The van der Waals surface area contributed by atoms with E-state index in [-0.39, 0.29) is 0 Å². The van der Waals surface area contributed by atoms with Crippen molar-refractivity contribution in [2.75, 3.05) is 30.8 Å². The molecule has 0 atom stereocenters. The van der Waals surface area contributed by atoms with Crippen LogP contribution in [0.25, 0.3) is 0 Å². The summed E-state index contributed by atoms with van der Waals surface area (Å²) >= 11 is 0. The summed E-state index contributed by atoms with van der Waals surface area (Å²) < 4.78 is 5.39. The summed E-state index contributed by atoms with van der Waals surface area (Å²) in [4.78, 5) is 0. The van der Waals surface area contributed by atoms with Gasteiger partial charge in [0.15, 0.2) is 0 Å². The van der Waals surface area contributed by atoms with Crippen molar-refractivity contribution in [2.45, 2.75) is 13.8 Å². The Hall–Kier alpha value is -1.48. The molecule has 16 heavy (non-hydrogen) atoms. The van der Waals surface area contributed by atoms with Crippen molar-refractivity contribution < 1.29 is 4.74 Å². The summed E-state index contributed by atoms with van der Waals surface area (Å²) in [5.41, 5.74) is 9.84. The summed E-state index contributed by atoms with van der Waals surface area (Å²) in [7, 11) is 0. The van der Waals surface area contributed by atoms with Gasteiger partial charge in [0.2, 0.25) is 0 Å². The van der Waals surface area contributed by atoms with Crippen LogP contribution in [0.2, 0.25) is 0 Å². The van der Waals surface area contributed by atoms with Crippen LogP contribution in [0, 0.1) is 6.92 Å². The number of benzene rings is 1. The van der Waals surface area contributed by atoms with Crippen LogP contribution in [-0.2, 0) is 4.74 Å². The van der Waals surface area contributed by atoms with E-state index in [1.165, 1.54) is 0 Å². The highest BCUT2D eigenvalue weighted by atomic mass is 16.5. The summed E-state index contributed by atoms with van der Waals surface area (Å²) in [5.74, 6) is 0. The van der Waals surface area contributed by atoms with Crippen LogP contribution >= 0.6 is 0 Å². The first-order chi connectivity index (χ1) is 7.61. The molecule has 0 amide bonds. The molecule has 88 valence electrons. The SMILES string of the molecule is C=C(C)COCCNc1c(C)cccc1N. The number of nitrogens with two attached hydrogens (primary N) is 1. The summed E-state index contributed by atoms with van der Waals surface area (Å²) in [6, 6.07) is 5.88. The van der Waals surface area contributed by atoms with Crippen molar-refractivity contribution in [3.05, 3.63) is 35.9 Å².